The van der Waals surface area contributed by atoms with Crippen molar-refractivity contribution < 1.29 is 18.3 Å². The zero-order valence-corrected chi connectivity index (χ0v) is 18.0. The summed E-state index contributed by atoms with van der Waals surface area (Å²) in [6.45, 7) is 3.51. The van der Waals surface area contributed by atoms with Crippen LogP contribution in [-0.4, -0.2) is 34.9 Å². The minimum Gasteiger partial charge on any atom is -0.486 e. The van der Waals surface area contributed by atoms with Gasteiger partial charge in [0.1, 0.15) is 29.6 Å². The smallest absolute Gasteiger partial charge is 0.293 e. The summed E-state index contributed by atoms with van der Waals surface area (Å²) in [5, 5.41) is 2.78. The molecule has 32 heavy (non-hydrogen) atoms. The number of rotatable bonds is 6. The number of carbonyl (C=O) groups is 1. The van der Waals surface area contributed by atoms with Gasteiger partial charge in [-0.15, -0.1) is 0 Å². The molecule has 1 fully saturated rings. The Balaban J connectivity index is 0.000000269. The standard InChI is InChI=1S/C17H17FN2O3.C6H7FN2/c1-10-15(16(22)20-11(2)19-10)23-9-17(7-13(17)8-21)12-4-3-5-14(18)6-12;1-8-6-3-2-5(7)4-9-6/h3-6,8,13H,7,9H2,1-2H3,(H,19,20,22);2-4H,1H3,(H,8,9)/t13-,17+;/m0./s1. The normalized spacial score (nSPS) is 18.8. The molecule has 1 aliphatic carbocycles. The number of halogens is 2. The molecule has 9 heteroatoms. The van der Waals surface area contributed by atoms with Crippen LogP contribution in [0.5, 0.6) is 5.75 Å². The minimum absolute atomic E-state index is 0.133. The topological polar surface area (TPSA) is 97.0 Å². The molecule has 0 unspecified atom stereocenters. The van der Waals surface area contributed by atoms with Crippen molar-refractivity contribution in [2.75, 3.05) is 19.0 Å². The van der Waals surface area contributed by atoms with E-state index in [1.165, 1.54) is 24.4 Å². The average molecular weight is 442 g/mol. The van der Waals surface area contributed by atoms with Gasteiger partial charge in [-0.05, 0) is 50.1 Å². The van der Waals surface area contributed by atoms with Crippen molar-refractivity contribution in [3.63, 3.8) is 0 Å². The lowest BCUT2D eigenvalue weighted by Crippen LogP contribution is -2.25. The van der Waals surface area contributed by atoms with Crippen molar-refractivity contribution in [2.45, 2.75) is 25.7 Å². The van der Waals surface area contributed by atoms with Crippen LogP contribution in [0.15, 0.2) is 47.4 Å². The quantitative estimate of drug-likeness (QED) is 0.569. The van der Waals surface area contributed by atoms with Crippen molar-refractivity contribution in [1.29, 1.82) is 0 Å². The largest absolute Gasteiger partial charge is 0.486 e. The number of aryl methyl sites for hydroxylation is 2. The molecular formula is C23H24F2N4O3. The summed E-state index contributed by atoms with van der Waals surface area (Å²) < 4.78 is 31.3. The number of hydrogen-bond donors (Lipinski definition) is 2. The van der Waals surface area contributed by atoms with Crippen molar-refractivity contribution in [3.05, 3.63) is 81.7 Å². The van der Waals surface area contributed by atoms with Gasteiger partial charge < -0.3 is 19.8 Å². The number of anilines is 1. The van der Waals surface area contributed by atoms with Crippen LogP contribution in [0.3, 0.4) is 0 Å². The molecule has 3 aromatic rings. The first-order valence-electron chi connectivity index (χ1n) is 10.00. The molecular weight excluding hydrogens is 418 g/mol. The van der Waals surface area contributed by atoms with Crippen LogP contribution in [0.1, 0.15) is 23.5 Å². The number of aldehydes is 1. The van der Waals surface area contributed by atoms with E-state index in [2.05, 4.69) is 20.3 Å². The van der Waals surface area contributed by atoms with Crippen molar-refractivity contribution >= 4 is 12.1 Å². The Kier molecular flexibility index (Phi) is 6.97. The molecule has 1 aliphatic rings. The first kappa shape index (κ1) is 23.1. The number of carbonyl (C=O) groups excluding carboxylic acids is 1. The van der Waals surface area contributed by atoms with Gasteiger partial charge in [0.05, 0.1) is 18.5 Å². The Morgan fingerprint density at radius 3 is 2.59 bits per heavy atom. The molecule has 0 radical (unpaired) electrons. The molecule has 2 aromatic heterocycles. The van der Waals surface area contributed by atoms with Crippen molar-refractivity contribution in [2.24, 2.45) is 5.92 Å². The number of pyridine rings is 1. The highest BCUT2D eigenvalue weighted by Gasteiger charge is 2.56. The van der Waals surface area contributed by atoms with Gasteiger partial charge in [0.25, 0.3) is 5.56 Å². The van der Waals surface area contributed by atoms with Crippen LogP contribution < -0.4 is 15.6 Å². The summed E-state index contributed by atoms with van der Waals surface area (Å²) in [5.41, 5.74) is 0.272. The number of nitrogens with zero attached hydrogens (tertiary/aromatic N) is 2. The lowest BCUT2D eigenvalue weighted by atomic mass is 9.94. The van der Waals surface area contributed by atoms with Gasteiger partial charge >= 0.3 is 0 Å². The molecule has 0 aliphatic heterocycles. The van der Waals surface area contributed by atoms with Crippen LogP contribution in [-0.2, 0) is 10.2 Å². The molecule has 168 valence electrons. The van der Waals surface area contributed by atoms with E-state index in [0.29, 0.717) is 29.3 Å². The Morgan fingerprint density at radius 1 is 1.25 bits per heavy atom. The molecule has 0 amide bonds. The summed E-state index contributed by atoms with van der Waals surface area (Å²) >= 11 is 0. The van der Waals surface area contributed by atoms with E-state index in [4.69, 9.17) is 4.74 Å². The first-order chi connectivity index (χ1) is 15.3. The summed E-state index contributed by atoms with van der Waals surface area (Å²) in [5.74, 6) is 0.428. The number of H-pyrrole nitrogens is 1. The summed E-state index contributed by atoms with van der Waals surface area (Å²) in [6, 6.07) is 9.10. The average Bonchev–Trinajstić information content (AvgIpc) is 3.49. The second-order valence-corrected chi connectivity index (χ2v) is 7.58. The maximum absolute atomic E-state index is 13.5. The van der Waals surface area contributed by atoms with Crippen LogP contribution in [0.25, 0.3) is 0 Å². The molecule has 1 aromatic carbocycles. The first-order valence-corrected chi connectivity index (χ1v) is 10.00. The van der Waals surface area contributed by atoms with E-state index in [-0.39, 0.29) is 35.5 Å². The highest BCUT2D eigenvalue weighted by molar-refractivity contribution is 5.64. The predicted molar refractivity (Wildman–Crippen MR) is 116 cm³/mol. The third kappa shape index (κ3) is 5.16. The summed E-state index contributed by atoms with van der Waals surface area (Å²) in [4.78, 5) is 33.7. The Morgan fingerprint density at radius 2 is 2.03 bits per heavy atom. The van der Waals surface area contributed by atoms with Gasteiger partial charge in [0.2, 0.25) is 5.75 Å². The van der Waals surface area contributed by atoms with Crippen LogP contribution >= 0.6 is 0 Å². The Hall–Kier alpha value is -3.62. The van der Waals surface area contributed by atoms with E-state index in [1.54, 1.807) is 39.1 Å². The number of ether oxygens (including phenoxy) is 1. The zero-order valence-electron chi connectivity index (χ0n) is 18.0. The van der Waals surface area contributed by atoms with Crippen LogP contribution in [0.2, 0.25) is 0 Å². The lowest BCUT2D eigenvalue weighted by Gasteiger charge is -2.18. The monoisotopic (exact) mass is 442 g/mol. The van der Waals surface area contributed by atoms with E-state index < -0.39 is 5.41 Å². The summed E-state index contributed by atoms with van der Waals surface area (Å²) in [6.07, 6.45) is 2.61. The molecule has 7 nitrogen and oxygen atoms in total. The predicted octanol–water partition coefficient (Wildman–Crippen LogP) is 3.32. The SMILES string of the molecule is CNc1ccc(F)cn1.Cc1nc(C)c(OC[C@@]2(c3cccc(F)c3)C[C@H]2C=O)c(=O)[nH]1. The highest BCUT2D eigenvalue weighted by Crippen LogP contribution is 2.53. The van der Waals surface area contributed by atoms with Gasteiger partial charge in [0.15, 0.2) is 0 Å². The van der Waals surface area contributed by atoms with E-state index in [0.717, 1.165) is 6.29 Å². The molecule has 4 rings (SSSR count). The van der Waals surface area contributed by atoms with Crippen molar-refractivity contribution in [3.8, 4) is 5.75 Å². The maximum atomic E-state index is 13.5. The number of nitrogens with one attached hydrogen (secondary N) is 2. The Labute approximate surface area is 183 Å². The fourth-order valence-corrected chi connectivity index (χ4v) is 3.50. The third-order valence-corrected chi connectivity index (χ3v) is 5.32. The number of aromatic amines is 1. The maximum Gasteiger partial charge on any atom is 0.293 e. The number of benzene rings is 1. The molecule has 1 saturated carbocycles. The molecule has 2 atom stereocenters. The Bertz CT molecular complexity index is 1150. The second-order valence-electron chi connectivity index (χ2n) is 7.58. The zero-order chi connectivity index (χ0) is 23.3. The fraction of sp³-hybridized carbons (Fsp3) is 0.304. The van der Waals surface area contributed by atoms with Gasteiger partial charge in [-0.25, -0.2) is 18.7 Å². The molecule has 2 N–H and O–H groups in total. The molecule has 0 spiro atoms. The minimum atomic E-state index is -0.576. The molecule has 0 bridgehead atoms. The third-order valence-electron chi connectivity index (χ3n) is 5.32. The number of aromatic nitrogens is 3. The van der Waals surface area contributed by atoms with E-state index >= 15 is 0 Å². The summed E-state index contributed by atoms with van der Waals surface area (Å²) in [7, 11) is 1.74. The van der Waals surface area contributed by atoms with Gasteiger partial charge in [-0.3, -0.25) is 4.79 Å². The van der Waals surface area contributed by atoms with Gasteiger partial charge in [0, 0.05) is 18.4 Å². The van der Waals surface area contributed by atoms with E-state index in [1.807, 2.05) is 0 Å². The van der Waals surface area contributed by atoms with Crippen LogP contribution in [0, 0.1) is 31.4 Å². The van der Waals surface area contributed by atoms with Crippen molar-refractivity contribution in [1.82, 2.24) is 15.0 Å². The number of hydrogen-bond acceptors (Lipinski definition) is 6. The van der Waals surface area contributed by atoms with Crippen LogP contribution in [0.4, 0.5) is 14.6 Å². The van der Waals surface area contributed by atoms with Gasteiger partial charge in [-0.2, -0.15) is 0 Å². The second kappa shape index (κ2) is 9.67. The van der Waals surface area contributed by atoms with E-state index in [9.17, 15) is 18.4 Å². The molecule has 2 heterocycles. The highest BCUT2D eigenvalue weighted by atomic mass is 19.1. The lowest BCUT2D eigenvalue weighted by molar-refractivity contribution is -0.109. The fourth-order valence-electron chi connectivity index (χ4n) is 3.50. The van der Waals surface area contributed by atoms with Gasteiger partial charge in [-0.1, -0.05) is 12.1 Å². The molecule has 0 saturated heterocycles.